The molecule has 0 fully saturated rings. The zero-order valence-corrected chi connectivity index (χ0v) is 12.6. The Morgan fingerprint density at radius 3 is 2.12 bits per heavy atom. The van der Waals surface area contributed by atoms with Gasteiger partial charge in [-0.1, -0.05) is 15.9 Å². The topological polar surface area (TPSA) is 40.6 Å². The average molecular weight is 307 g/mol. The Morgan fingerprint density at radius 2 is 1.65 bits per heavy atom. The summed E-state index contributed by atoms with van der Waals surface area (Å²) in [6.45, 7) is 5.47. The van der Waals surface area contributed by atoms with E-state index in [1.807, 2.05) is 13.8 Å². The highest BCUT2D eigenvalue weighted by atomic mass is 79.9. The highest BCUT2D eigenvalue weighted by molar-refractivity contribution is 9.09. The number of hydrogen-bond acceptors (Lipinski definition) is 2. The quantitative estimate of drug-likeness (QED) is 0.507. The van der Waals surface area contributed by atoms with Gasteiger partial charge in [0.2, 0.25) is 11.8 Å². The second kappa shape index (κ2) is 9.45. The maximum Gasteiger partial charge on any atom is 0.242 e. The van der Waals surface area contributed by atoms with E-state index in [-0.39, 0.29) is 18.4 Å². The lowest BCUT2D eigenvalue weighted by molar-refractivity contribution is -0.139. The molecule has 0 aliphatic rings. The normalized spacial score (nSPS) is 10.1. The Kier molecular flexibility index (Phi) is 9.13. The number of likely N-dealkylation sites (N-methyl/N-ethyl adjacent to an activating group) is 2. The van der Waals surface area contributed by atoms with Gasteiger partial charge in [-0.25, -0.2) is 0 Å². The van der Waals surface area contributed by atoms with Crippen molar-refractivity contribution < 1.29 is 9.59 Å². The van der Waals surface area contributed by atoms with Gasteiger partial charge in [-0.2, -0.15) is 0 Å². The number of halogens is 1. The van der Waals surface area contributed by atoms with E-state index in [0.29, 0.717) is 19.5 Å². The highest BCUT2D eigenvalue weighted by Crippen LogP contribution is 2.02. The van der Waals surface area contributed by atoms with E-state index < -0.39 is 0 Å². The third-order valence-corrected chi connectivity index (χ3v) is 3.25. The van der Waals surface area contributed by atoms with E-state index >= 15 is 0 Å². The maximum absolute atomic E-state index is 11.8. The maximum atomic E-state index is 11.8. The van der Waals surface area contributed by atoms with Crippen molar-refractivity contribution in [1.82, 2.24) is 9.80 Å². The Balaban J connectivity index is 4.02. The molecule has 0 spiro atoms. The molecule has 0 radical (unpaired) electrons. The van der Waals surface area contributed by atoms with E-state index in [1.165, 1.54) is 4.90 Å². The molecule has 4 nitrogen and oxygen atoms in total. The first-order valence-corrected chi connectivity index (χ1v) is 7.26. The molecule has 0 rings (SSSR count). The summed E-state index contributed by atoms with van der Waals surface area (Å²) in [5.41, 5.74) is 0. The van der Waals surface area contributed by atoms with E-state index in [0.717, 1.165) is 18.2 Å². The molecule has 0 bridgehead atoms. The van der Waals surface area contributed by atoms with Gasteiger partial charge in [-0.3, -0.25) is 9.59 Å². The van der Waals surface area contributed by atoms with Gasteiger partial charge in [0.25, 0.3) is 0 Å². The number of carbonyl (C=O) groups is 2. The fourth-order valence-electron chi connectivity index (χ4n) is 1.53. The lowest BCUT2D eigenvalue weighted by Gasteiger charge is -2.23. The molecule has 0 aromatic carbocycles. The number of alkyl halides is 1. The van der Waals surface area contributed by atoms with Crippen LogP contribution < -0.4 is 0 Å². The van der Waals surface area contributed by atoms with Crippen LogP contribution in [0, 0.1) is 0 Å². The minimum absolute atomic E-state index is 0.0198. The first-order chi connectivity index (χ1) is 8.06. The van der Waals surface area contributed by atoms with Crippen LogP contribution in [0.3, 0.4) is 0 Å². The number of amides is 2. The van der Waals surface area contributed by atoms with Gasteiger partial charge in [0.05, 0.1) is 6.54 Å². The largest absolute Gasteiger partial charge is 0.342 e. The molecule has 2 amide bonds. The van der Waals surface area contributed by atoms with Gasteiger partial charge in [0.15, 0.2) is 0 Å². The minimum atomic E-state index is 0.0198. The molecule has 0 saturated heterocycles. The summed E-state index contributed by atoms with van der Waals surface area (Å²) < 4.78 is 0. The molecule has 0 aromatic heterocycles. The third-order valence-electron chi connectivity index (χ3n) is 2.69. The van der Waals surface area contributed by atoms with Crippen molar-refractivity contribution in [3.63, 3.8) is 0 Å². The van der Waals surface area contributed by atoms with Crippen LogP contribution >= 0.6 is 15.9 Å². The molecule has 0 aromatic rings. The van der Waals surface area contributed by atoms with Gasteiger partial charge in [0, 0.05) is 31.9 Å². The first-order valence-electron chi connectivity index (χ1n) is 6.14. The predicted octanol–water partition coefficient (Wildman–Crippen LogP) is 1.88. The van der Waals surface area contributed by atoms with E-state index in [9.17, 15) is 9.59 Å². The van der Waals surface area contributed by atoms with Crippen LogP contribution in [-0.4, -0.2) is 53.6 Å². The summed E-state index contributed by atoms with van der Waals surface area (Å²) in [6.07, 6.45) is 2.38. The molecular weight excluding hydrogens is 284 g/mol. The fraction of sp³-hybridized carbons (Fsp3) is 0.833. The van der Waals surface area contributed by atoms with Crippen molar-refractivity contribution in [2.75, 3.05) is 32.0 Å². The van der Waals surface area contributed by atoms with E-state index in [1.54, 1.807) is 11.9 Å². The number of nitrogens with zero attached hydrogens (tertiary/aromatic N) is 2. The molecule has 0 unspecified atom stereocenters. The standard InChI is InChI=1S/C12H23BrN2O2/c1-4-15(5-2)12(17)10-14(3)11(16)8-6-7-9-13/h4-10H2,1-3H3. The van der Waals surface area contributed by atoms with Crippen LogP contribution in [0.25, 0.3) is 0 Å². The van der Waals surface area contributed by atoms with Crippen LogP contribution in [-0.2, 0) is 9.59 Å². The number of hydrogen-bond donors (Lipinski definition) is 0. The van der Waals surface area contributed by atoms with Crippen molar-refractivity contribution in [1.29, 1.82) is 0 Å². The lowest BCUT2D eigenvalue weighted by Crippen LogP contribution is -2.40. The van der Waals surface area contributed by atoms with Gasteiger partial charge in [0.1, 0.15) is 0 Å². The molecule has 0 heterocycles. The molecule has 100 valence electrons. The monoisotopic (exact) mass is 306 g/mol. The van der Waals surface area contributed by atoms with Gasteiger partial charge < -0.3 is 9.80 Å². The van der Waals surface area contributed by atoms with E-state index in [2.05, 4.69) is 15.9 Å². The van der Waals surface area contributed by atoms with Crippen molar-refractivity contribution in [2.24, 2.45) is 0 Å². The smallest absolute Gasteiger partial charge is 0.242 e. The van der Waals surface area contributed by atoms with E-state index in [4.69, 9.17) is 0 Å². The summed E-state index contributed by atoms with van der Waals surface area (Å²) in [5, 5.41) is 0.919. The summed E-state index contributed by atoms with van der Waals surface area (Å²) in [5.74, 6) is 0.0674. The van der Waals surface area contributed by atoms with Crippen molar-refractivity contribution in [2.45, 2.75) is 33.1 Å². The Bertz CT molecular complexity index is 243. The Labute approximate surface area is 112 Å². The fourth-order valence-corrected chi connectivity index (χ4v) is 1.93. The molecule has 5 heteroatoms. The lowest BCUT2D eigenvalue weighted by atomic mass is 10.2. The number of carbonyl (C=O) groups excluding carboxylic acids is 2. The third kappa shape index (κ3) is 6.66. The van der Waals surface area contributed by atoms with Crippen LogP contribution in [0.5, 0.6) is 0 Å². The summed E-state index contributed by atoms with van der Waals surface area (Å²) in [6, 6.07) is 0. The average Bonchev–Trinajstić information content (AvgIpc) is 2.30. The summed E-state index contributed by atoms with van der Waals surface area (Å²) in [7, 11) is 1.69. The SMILES string of the molecule is CCN(CC)C(=O)CN(C)C(=O)CCCCBr. The van der Waals surface area contributed by atoms with Crippen LogP contribution in [0.2, 0.25) is 0 Å². The minimum Gasteiger partial charge on any atom is -0.342 e. The molecule has 0 saturated carbocycles. The zero-order valence-electron chi connectivity index (χ0n) is 11.0. The van der Waals surface area contributed by atoms with Crippen LogP contribution in [0.1, 0.15) is 33.1 Å². The van der Waals surface area contributed by atoms with Gasteiger partial charge >= 0.3 is 0 Å². The highest BCUT2D eigenvalue weighted by Gasteiger charge is 2.15. The van der Waals surface area contributed by atoms with Crippen molar-refractivity contribution >= 4 is 27.7 Å². The Hall–Kier alpha value is -0.580. The molecule has 0 N–H and O–H groups in total. The first kappa shape index (κ1) is 16.4. The molecule has 0 atom stereocenters. The predicted molar refractivity (Wildman–Crippen MR) is 73.2 cm³/mol. The van der Waals surface area contributed by atoms with Crippen LogP contribution in [0.15, 0.2) is 0 Å². The second-order valence-corrected chi connectivity index (χ2v) is 4.75. The van der Waals surface area contributed by atoms with Gasteiger partial charge in [-0.05, 0) is 26.7 Å². The molecular formula is C12H23BrN2O2. The Morgan fingerprint density at radius 1 is 1.06 bits per heavy atom. The van der Waals surface area contributed by atoms with Crippen LogP contribution in [0.4, 0.5) is 0 Å². The number of unbranched alkanes of at least 4 members (excludes halogenated alkanes) is 1. The second-order valence-electron chi connectivity index (χ2n) is 3.96. The number of rotatable bonds is 8. The van der Waals surface area contributed by atoms with Gasteiger partial charge in [-0.15, -0.1) is 0 Å². The van der Waals surface area contributed by atoms with Crippen molar-refractivity contribution in [3.8, 4) is 0 Å². The molecule has 17 heavy (non-hydrogen) atoms. The molecule has 0 aliphatic carbocycles. The van der Waals surface area contributed by atoms with Crippen molar-refractivity contribution in [3.05, 3.63) is 0 Å². The molecule has 0 aliphatic heterocycles. The summed E-state index contributed by atoms with van der Waals surface area (Å²) in [4.78, 5) is 26.7. The zero-order chi connectivity index (χ0) is 13.3. The summed E-state index contributed by atoms with van der Waals surface area (Å²) >= 11 is 3.33.